The lowest BCUT2D eigenvalue weighted by Crippen LogP contribution is -2.12. The fourth-order valence-corrected chi connectivity index (χ4v) is 1.65. The molecular formula is C13H14O9S. The fraction of sp³-hybridized carbons (Fsp3) is 0.231. The van der Waals surface area contributed by atoms with Crippen molar-refractivity contribution in [3.05, 3.63) is 42.5 Å². The Balaban J connectivity index is 2.54. The second-order valence-electron chi connectivity index (χ2n) is 3.93. The molecule has 0 aliphatic heterocycles. The molecule has 1 aromatic carbocycles. The topological polar surface area (TPSA) is 125 Å². The third-order valence-corrected chi connectivity index (χ3v) is 2.72. The van der Waals surface area contributed by atoms with E-state index < -0.39 is 22.3 Å². The third kappa shape index (κ3) is 7.40. The van der Waals surface area contributed by atoms with E-state index in [1.165, 1.54) is 12.1 Å². The van der Waals surface area contributed by atoms with Gasteiger partial charge in [-0.25, -0.2) is 23.5 Å². The molecule has 0 aliphatic rings. The van der Waals surface area contributed by atoms with Crippen LogP contribution in [0.5, 0.6) is 5.75 Å². The smallest absolute Gasteiger partial charge is 0.397 e. The maximum Gasteiger partial charge on any atom is 0.397 e. The lowest BCUT2D eigenvalue weighted by atomic mass is 10.2. The van der Waals surface area contributed by atoms with Crippen LogP contribution in [0.25, 0.3) is 0 Å². The van der Waals surface area contributed by atoms with Gasteiger partial charge in [-0.3, -0.25) is 4.55 Å². The van der Waals surface area contributed by atoms with Crippen LogP contribution in [0, 0.1) is 0 Å². The molecule has 0 spiro atoms. The molecule has 0 radical (unpaired) electrons. The molecule has 0 atom stereocenters. The molecule has 0 saturated heterocycles. The zero-order valence-corrected chi connectivity index (χ0v) is 12.7. The summed E-state index contributed by atoms with van der Waals surface area (Å²) in [7, 11) is -4.50. The van der Waals surface area contributed by atoms with E-state index in [0.717, 1.165) is 6.08 Å². The quantitative estimate of drug-likeness (QED) is 0.242. The highest BCUT2D eigenvalue weighted by molar-refractivity contribution is 7.80. The highest BCUT2D eigenvalue weighted by Crippen LogP contribution is 2.19. The van der Waals surface area contributed by atoms with Crippen molar-refractivity contribution in [1.29, 1.82) is 0 Å². The number of benzene rings is 1. The van der Waals surface area contributed by atoms with Crippen molar-refractivity contribution in [2.24, 2.45) is 0 Å². The molecule has 9 nitrogen and oxygen atoms in total. The Hall–Kier alpha value is -2.43. The van der Waals surface area contributed by atoms with Gasteiger partial charge in [0.25, 0.3) is 0 Å². The first-order valence-electron chi connectivity index (χ1n) is 6.22. The lowest BCUT2D eigenvalue weighted by molar-refractivity contribution is -0.228. The van der Waals surface area contributed by atoms with E-state index in [-0.39, 0.29) is 30.9 Å². The number of para-hydroxylation sites is 1. The van der Waals surface area contributed by atoms with E-state index in [4.69, 9.17) is 9.29 Å². The summed E-state index contributed by atoms with van der Waals surface area (Å²) in [6.07, 6.45) is 0.958. The van der Waals surface area contributed by atoms with E-state index in [1.807, 2.05) is 0 Å². The number of hydrogen-bond acceptors (Lipinski definition) is 8. The highest BCUT2D eigenvalue weighted by atomic mass is 32.3. The van der Waals surface area contributed by atoms with Crippen molar-refractivity contribution in [2.75, 3.05) is 13.2 Å². The molecular weight excluding hydrogens is 332 g/mol. The van der Waals surface area contributed by atoms with Gasteiger partial charge in [-0.2, -0.15) is 8.42 Å². The second-order valence-corrected chi connectivity index (χ2v) is 5.02. The summed E-state index contributed by atoms with van der Waals surface area (Å²) in [5.74, 6) is -1.75. The van der Waals surface area contributed by atoms with Gasteiger partial charge in [-0.15, -0.1) is 0 Å². The van der Waals surface area contributed by atoms with E-state index >= 15 is 0 Å². The van der Waals surface area contributed by atoms with Crippen molar-refractivity contribution < 1.29 is 41.3 Å². The van der Waals surface area contributed by atoms with Gasteiger partial charge in [0, 0.05) is 12.5 Å². The molecule has 0 saturated carbocycles. The van der Waals surface area contributed by atoms with Crippen molar-refractivity contribution in [2.45, 2.75) is 6.42 Å². The molecule has 0 bridgehead atoms. The molecule has 0 heterocycles. The van der Waals surface area contributed by atoms with E-state index in [1.54, 1.807) is 12.1 Å². The Labute approximate surface area is 132 Å². The summed E-state index contributed by atoms with van der Waals surface area (Å²) < 4.78 is 38.5. The largest absolute Gasteiger partial charge is 0.493 e. The van der Waals surface area contributed by atoms with Gasteiger partial charge in [-0.1, -0.05) is 18.7 Å². The second kappa shape index (κ2) is 8.88. The standard InChI is InChI=1S/C13H14O9S/c1-2-12(14)21-22-13(15)10-6-3-4-7-11(10)19-8-5-9-20-23(16,17)18/h2-4,6-7H,1,5,8-9H2,(H,16,17,18). The SMILES string of the molecule is C=CC(=O)OOC(=O)c1ccccc1OCCCOS(=O)(=O)O. The number of carbonyl (C=O) groups excluding carboxylic acids is 2. The van der Waals surface area contributed by atoms with Crippen molar-refractivity contribution in [1.82, 2.24) is 0 Å². The Morgan fingerprint density at radius 3 is 2.52 bits per heavy atom. The Morgan fingerprint density at radius 2 is 1.87 bits per heavy atom. The average molecular weight is 346 g/mol. The Kier molecular flexibility index (Phi) is 7.19. The normalized spacial score (nSPS) is 10.7. The number of ether oxygens (including phenoxy) is 1. The van der Waals surface area contributed by atoms with Gasteiger partial charge in [0.05, 0.1) is 13.2 Å². The minimum Gasteiger partial charge on any atom is -0.493 e. The van der Waals surface area contributed by atoms with Crippen LogP contribution in [0.4, 0.5) is 0 Å². The van der Waals surface area contributed by atoms with Crippen molar-refractivity contribution in [3.63, 3.8) is 0 Å². The van der Waals surface area contributed by atoms with Gasteiger partial charge in [-0.05, 0) is 12.1 Å². The zero-order chi connectivity index (χ0) is 17.3. The summed E-state index contributed by atoms with van der Waals surface area (Å²) >= 11 is 0. The van der Waals surface area contributed by atoms with Crippen molar-refractivity contribution >= 4 is 22.3 Å². The summed E-state index contributed by atoms with van der Waals surface area (Å²) in [6.45, 7) is 2.86. The molecule has 0 unspecified atom stereocenters. The third-order valence-electron chi connectivity index (χ3n) is 2.25. The Morgan fingerprint density at radius 1 is 1.17 bits per heavy atom. The van der Waals surface area contributed by atoms with Crippen molar-refractivity contribution in [3.8, 4) is 5.75 Å². The van der Waals surface area contributed by atoms with Gasteiger partial charge >= 0.3 is 22.3 Å². The monoisotopic (exact) mass is 346 g/mol. The van der Waals surface area contributed by atoms with Crippen LogP contribution in [0.1, 0.15) is 16.8 Å². The predicted molar refractivity (Wildman–Crippen MR) is 75.8 cm³/mol. The summed E-state index contributed by atoms with van der Waals surface area (Å²) in [4.78, 5) is 31.1. The first-order valence-corrected chi connectivity index (χ1v) is 7.59. The molecule has 126 valence electrons. The number of rotatable bonds is 8. The van der Waals surface area contributed by atoms with Crippen LogP contribution in [-0.2, 0) is 29.2 Å². The minimum absolute atomic E-state index is 0.0000559. The summed E-state index contributed by atoms with van der Waals surface area (Å²) in [5.41, 5.74) is 0.0000559. The highest BCUT2D eigenvalue weighted by Gasteiger charge is 2.16. The van der Waals surface area contributed by atoms with Crippen LogP contribution in [0.15, 0.2) is 36.9 Å². The molecule has 23 heavy (non-hydrogen) atoms. The first-order chi connectivity index (χ1) is 10.8. The van der Waals surface area contributed by atoms with E-state index in [0.29, 0.717) is 0 Å². The maximum absolute atomic E-state index is 11.8. The minimum atomic E-state index is -4.50. The van der Waals surface area contributed by atoms with E-state index in [2.05, 4.69) is 20.5 Å². The van der Waals surface area contributed by atoms with Crippen LogP contribution in [-0.4, -0.2) is 38.1 Å². The molecule has 10 heteroatoms. The number of carbonyl (C=O) groups is 2. The molecule has 0 aromatic heterocycles. The molecule has 0 fully saturated rings. The average Bonchev–Trinajstić information content (AvgIpc) is 2.51. The summed E-state index contributed by atoms with van der Waals surface area (Å²) in [6, 6.07) is 5.99. The number of hydrogen-bond donors (Lipinski definition) is 1. The molecule has 0 aliphatic carbocycles. The van der Waals surface area contributed by atoms with Gasteiger partial charge < -0.3 is 4.74 Å². The van der Waals surface area contributed by atoms with Gasteiger partial charge in [0.2, 0.25) is 0 Å². The van der Waals surface area contributed by atoms with E-state index in [9.17, 15) is 18.0 Å². The molecule has 1 rings (SSSR count). The van der Waals surface area contributed by atoms with Crippen LogP contribution < -0.4 is 4.74 Å². The predicted octanol–water partition coefficient (Wildman–Crippen LogP) is 1.08. The van der Waals surface area contributed by atoms with Crippen LogP contribution in [0.3, 0.4) is 0 Å². The molecule has 1 N–H and O–H groups in total. The van der Waals surface area contributed by atoms with Gasteiger partial charge in [0.15, 0.2) is 0 Å². The zero-order valence-electron chi connectivity index (χ0n) is 11.8. The Bertz CT molecular complexity index is 666. The van der Waals surface area contributed by atoms with Crippen LogP contribution >= 0.6 is 0 Å². The summed E-state index contributed by atoms with van der Waals surface area (Å²) in [5, 5.41) is 0. The maximum atomic E-state index is 11.8. The molecule has 0 amide bonds. The van der Waals surface area contributed by atoms with Crippen LogP contribution in [0.2, 0.25) is 0 Å². The van der Waals surface area contributed by atoms with Gasteiger partial charge in [0.1, 0.15) is 11.3 Å². The lowest BCUT2D eigenvalue weighted by Gasteiger charge is -2.09. The first kappa shape index (κ1) is 18.6. The molecule has 1 aromatic rings. The fourth-order valence-electron chi connectivity index (χ4n) is 1.32.